The van der Waals surface area contributed by atoms with E-state index < -0.39 is 28.9 Å². The van der Waals surface area contributed by atoms with Crippen molar-refractivity contribution in [2.24, 2.45) is 0 Å². The Hall–Kier alpha value is -3.46. The lowest BCUT2D eigenvalue weighted by atomic mass is 10.1. The number of nitrogens with one attached hydrogen (secondary N) is 1. The maximum Gasteiger partial charge on any atom is 0.328 e. The van der Waals surface area contributed by atoms with Gasteiger partial charge in [0, 0.05) is 6.07 Å². The molecule has 2 aromatic rings. The Kier molecular flexibility index (Phi) is 6.45. The molecule has 9 heteroatoms. The van der Waals surface area contributed by atoms with Crippen molar-refractivity contribution in [2.45, 2.75) is 25.7 Å². The molecule has 0 spiro atoms. The minimum absolute atomic E-state index is 0.0566. The number of hydrogen-bond donors (Lipinski definition) is 3. The molecule has 1 amide bonds. The van der Waals surface area contributed by atoms with Crippen LogP contribution in [0.1, 0.15) is 22.8 Å². The number of rotatable bonds is 8. The number of ether oxygens (including phenoxy) is 1. The van der Waals surface area contributed by atoms with Crippen LogP contribution in [0.15, 0.2) is 48.5 Å². The molecule has 0 aliphatic heterocycles. The third kappa shape index (κ3) is 5.25. The van der Waals surface area contributed by atoms with Gasteiger partial charge in [0.1, 0.15) is 12.4 Å². The lowest BCUT2D eigenvalue weighted by Crippen LogP contribution is -2.47. The predicted octanol–water partition coefficient (Wildman–Crippen LogP) is 1.74. The summed E-state index contributed by atoms with van der Waals surface area (Å²) in [6, 6.07) is 10.8. The molecule has 0 saturated heterocycles. The predicted molar refractivity (Wildman–Crippen MR) is 94.4 cm³/mol. The van der Waals surface area contributed by atoms with Gasteiger partial charge >= 0.3 is 5.97 Å². The summed E-state index contributed by atoms with van der Waals surface area (Å²) in [5, 5.41) is 31.8. The van der Waals surface area contributed by atoms with E-state index >= 15 is 0 Å². The maximum atomic E-state index is 12.4. The van der Waals surface area contributed by atoms with Crippen LogP contribution in [0.25, 0.3) is 0 Å². The third-order valence-electron chi connectivity index (χ3n) is 3.69. The summed E-state index contributed by atoms with van der Waals surface area (Å²) in [6.07, 6.45) is -1.34. The first-order chi connectivity index (χ1) is 12.8. The minimum atomic E-state index is -1.53. The highest BCUT2D eigenvalue weighted by Gasteiger charge is 2.27. The second-order valence-electron chi connectivity index (χ2n) is 5.74. The molecule has 27 heavy (non-hydrogen) atoms. The first kappa shape index (κ1) is 19.9. The summed E-state index contributed by atoms with van der Waals surface area (Å²) in [5.41, 5.74) is 0.422. The Morgan fingerprint density at radius 2 is 1.89 bits per heavy atom. The number of carboxylic acid groups (broad SMARTS) is 1. The zero-order valence-electron chi connectivity index (χ0n) is 14.4. The van der Waals surface area contributed by atoms with E-state index in [0.29, 0.717) is 0 Å². The zero-order valence-corrected chi connectivity index (χ0v) is 14.4. The SMILES string of the molecule is C[C@@H](O)[C@H](NC(=O)c1ccc([N+](=O)[O-])cc1OCc1ccccc1)C(=O)O. The van der Waals surface area contributed by atoms with Crippen molar-refractivity contribution in [3.8, 4) is 5.75 Å². The molecule has 0 heterocycles. The fourth-order valence-corrected chi connectivity index (χ4v) is 2.27. The smallest absolute Gasteiger partial charge is 0.328 e. The van der Waals surface area contributed by atoms with Gasteiger partial charge in [0.05, 0.1) is 22.7 Å². The topological polar surface area (TPSA) is 139 Å². The first-order valence-electron chi connectivity index (χ1n) is 7.96. The van der Waals surface area contributed by atoms with E-state index in [-0.39, 0.29) is 23.6 Å². The molecule has 0 radical (unpaired) electrons. The number of nitro benzene ring substituents is 1. The van der Waals surface area contributed by atoms with Gasteiger partial charge in [-0.3, -0.25) is 14.9 Å². The number of amides is 1. The van der Waals surface area contributed by atoms with Crippen LogP contribution in [0, 0.1) is 10.1 Å². The van der Waals surface area contributed by atoms with Gasteiger partial charge in [-0.05, 0) is 18.6 Å². The molecule has 2 atom stereocenters. The van der Waals surface area contributed by atoms with E-state index in [2.05, 4.69) is 5.32 Å². The summed E-state index contributed by atoms with van der Waals surface area (Å²) >= 11 is 0. The molecule has 9 nitrogen and oxygen atoms in total. The molecule has 0 aliphatic carbocycles. The van der Waals surface area contributed by atoms with E-state index in [9.17, 15) is 24.8 Å². The van der Waals surface area contributed by atoms with Crippen LogP contribution in [0.3, 0.4) is 0 Å². The molecule has 142 valence electrons. The monoisotopic (exact) mass is 374 g/mol. The molecular weight excluding hydrogens is 356 g/mol. The molecule has 0 aromatic heterocycles. The molecule has 2 aromatic carbocycles. The van der Waals surface area contributed by atoms with Crippen LogP contribution in [-0.2, 0) is 11.4 Å². The summed E-state index contributed by atoms with van der Waals surface area (Å²) in [7, 11) is 0. The summed E-state index contributed by atoms with van der Waals surface area (Å²) in [6.45, 7) is 1.28. The Labute approximate surface area is 154 Å². The zero-order chi connectivity index (χ0) is 20.0. The van der Waals surface area contributed by atoms with Gasteiger partial charge in [0.15, 0.2) is 6.04 Å². The standard InChI is InChI=1S/C18H18N2O7/c1-11(21)16(18(23)24)19-17(22)14-8-7-13(20(25)26)9-15(14)27-10-12-5-3-2-4-6-12/h2-9,11,16,21H,10H2,1H3,(H,19,22)(H,23,24)/t11-,16+/m1/s1. The van der Waals surface area contributed by atoms with Gasteiger partial charge in [-0.25, -0.2) is 4.79 Å². The number of carbonyl (C=O) groups excluding carboxylic acids is 1. The quantitative estimate of drug-likeness (QED) is 0.472. The highest BCUT2D eigenvalue weighted by molar-refractivity contribution is 5.99. The lowest BCUT2D eigenvalue weighted by Gasteiger charge is -2.18. The fourth-order valence-electron chi connectivity index (χ4n) is 2.27. The van der Waals surface area contributed by atoms with E-state index in [0.717, 1.165) is 17.7 Å². The average molecular weight is 374 g/mol. The summed E-state index contributed by atoms with van der Waals surface area (Å²) in [5.74, 6) is -2.31. The number of nitrogens with zero attached hydrogens (tertiary/aromatic N) is 1. The fraction of sp³-hybridized carbons (Fsp3) is 0.222. The lowest BCUT2D eigenvalue weighted by molar-refractivity contribution is -0.384. The minimum Gasteiger partial charge on any atom is -0.488 e. The van der Waals surface area contributed by atoms with Gasteiger partial charge in [-0.2, -0.15) is 0 Å². The first-order valence-corrected chi connectivity index (χ1v) is 7.96. The van der Waals surface area contributed by atoms with Crippen molar-refractivity contribution in [2.75, 3.05) is 0 Å². The number of aliphatic hydroxyl groups excluding tert-OH is 1. The molecule has 3 N–H and O–H groups in total. The van der Waals surface area contributed by atoms with Gasteiger partial charge in [0.2, 0.25) is 0 Å². The van der Waals surface area contributed by atoms with Gasteiger partial charge in [-0.15, -0.1) is 0 Å². The van der Waals surface area contributed by atoms with Gasteiger partial charge in [-0.1, -0.05) is 30.3 Å². The number of non-ortho nitro benzene ring substituents is 1. The number of aliphatic carboxylic acids is 1. The number of benzene rings is 2. The van der Waals surface area contributed by atoms with Crippen molar-refractivity contribution < 1.29 is 29.5 Å². The molecule has 0 bridgehead atoms. The Morgan fingerprint density at radius 3 is 2.44 bits per heavy atom. The summed E-state index contributed by atoms with van der Waals surface area (Å²) in [4.78, 5) is 34.0. The van der Waals surface area contributed by atoms with Crippen LogP contribution >= 0.6 is 0 Å². The Bertz CT molecular complexity index is 837. The van der Waals surface area contributed by atoms with E-state index in [4.69, 9.17) is 9.84 Å². The molecule has 0 saturated carbocycles. The van der Waals surface area contributed by atoms with Crippen LogP contribution in [0.4, 0.5) is 5.69 Å². The third-order valence-corrected chi connectivity index (χ3v) is 3.69. The second kappa shape index (κ2) is 8.77. The second-order valence-corrected chi connectivity index (χ2v) is 5.74. The number of hydrogen-bond acceptors (Lipinski definition) is 6. The van der Waals surface area contributed by atoms with Crippen molar-refractivity contribution in [1.29, 1.82) is 0 Å². The van der Waals surface area contributed by atoms with Gasteiger partial charge in [0.25, 0.3) is 11.6 Å². The highest BCUT2D eigenvalue weighted by Crippen LogP contribution is 2.26. The highest BCUT2D eigenvalue weighted by atomic mass is 16.6. The van der Waals surface area contributed by atoms with Crippen molar-refractivity contribution in [3.63, 3.8) is 0 Å². The number of nitro groups is 1. The molecule has 0 unspecified atom stereocenters. The summed E-state index contributed by atoms with van der Waals surface area (Å²) < 4.78 is 5.56. The largest absolute Gasteiger partial charge is 0.488 e. The normalized spacial score (nSPS) is 12.7. The Balaban J connectivity index is 2.29. The van der Waals surface area contributed by atoms with Gasteiger partial charge < -0.3 is 20.3 Å². The van der Waals surface area contributed by atoms with E-state index in [1.54, 1.807) is 24.3 Å². The molecular formula is C18H18N2O7. The maximum absolute atomic E-state index is 12.4. The van der Waals surface area contributed by atoms with Crippen LogP contribution in [0.2, 0.25) is 0 Å². The van der Waals surface area contributed by atoms with Crippen LogP contribution in [-0.4, -0.2) is 39.2 Å². The van der Waals surface area contributed by atoms with E-state index in [1.165, 1.54) is 13.0 Å². The van der Waals surface area contributed by atoms with Crippen LogP contribution in [0.5, 0.6) is 5.75 Å². The molecule has 2 rings (SSSR count). The van der Waals surface area contributed by atoms with Crippen LogP contribution < -0.4 is 10.1 Å². The Morgan fingerprint density at radius 1 is 1.22 bits per heavy atom. The number of aliphatic hydroxyl groups is 1. The molecule has 0 aliphatic rings. The van der Waals surface area contributed by atoms with E-state index in [1.807, 2.05) is 6.07 Å². The average Bonchev–Trinajstić information content (AvgIpc) is 2.64. The molecule has 0 fully saturated rings. The van der Waals surface area contributed by atoms with Crippen molar-refractivity contribution >= 4 is 17.6 Å². The number of carbonyl (C=O) groups is 2. The van der Waals surface area contributed by atoms with Crippen molar-refractivity contribution in [1.82, 2.24) is 5.32 Å². The number of carboxylic acids is 1. The van der Waals surface area contributed by atoms with Crippen molar-refractivity contribution in [3.05, 3.63) is 69.8 Å².